The van der Waals surface area contributed by atoms with Gasteiger partial charge in [0.15, 0.2) is 0 Å². The zero-order valence-corrected chi connectivity index (χ0v) is 13.3. The molecule has 6 heteroatoms. The number of benzene rings is 2. The number of phenols is 1. The van der Waals surface area contributed by atoms with Gasteiger partial charge in [0, 0.05) is 23.2 Å². The summed E-state index contributed by atoms with van der Waals surface area (Å²) in [6.45, 7) is 0. The normalized spacial score (nSPS) is 11.8. The quantitative estimate of drug-likeness (QED) is 0.615. The van der Waals surface area contributed by atoms with Crippen LogP contribution in [0.4, 0.5) is 0 Å². The van der Waals surface area contributed by atoms with Crippen molar-refractivity contribution >= 4 is 21.0 Å². The van der Waals surface area contributed by atoms with Gasteiger partial charge < -0.3 is 9.52 Å². The van der Waals surface area contributed by atoms with Crippen molar-refractivity contribution in [1.29, 1.82) is 0 Å². The lowest BCUT2D eigenvalue weighted by atomic mass is 10.1. The minimum Gasteiger partial charge on any atom is -0.508 e. The molecule has 2 heterocycles. The number of hydrogen-bond donors (Lipinski definition) is 1. The molecular weight excluding hydrogens is 326 g/mol. The summed E-state index contributed by atoms with van der Waals surface area (Å²) in [5.41, 5.74) is 1.56. The number of para-hydroxylation sites is 1. The molecule has 0 spiro atoms. The molecule has 0 saturated carbocycles. The molecule has 2 aromatic heterocycles. The Morgan fingerprint density at radius 2 is 1.75 bits per heavy atom. The van der Waals surface area contributed by atoms with Gasteiger partial charge in [-0.1, -0.05) is 30.3 Å². The first-order valence-corrected chi connectivity index (χ1v) is 8.71. The standard InChI is InChI=1S/C18H13NO4S/c20-15-7-3-6-13(11-15)16-8-4-10-19(16)24(21,22)18-12-14-5-1-2-9-17(14)23-18/h1-12,20H. The van der Waals surface area contributed by atoms with Crippen LogP contribution in [0.25, 0.3) is 22.2 Å². The molecule has 1 N–H and O–H groups in total. The van der Waals surface area contributed by atoms with Crippen LogP contribution in [0.3, 0.4) is 0 Å². The van der Waals surface area contributed by atoms with Crippen LogP contribution in [0.15, 0.2) is 82.4 Å². The van der Waals surface area contributed by atoms with E-state index < -0.39 is 10.0 Å². The third kappa shape index (κ3) is 2.28. The summed E-state index contributed by atoms with van der Waals surface area (Å²) in [6, 6.07) is 18.4. The molecule has 2 aromatic carbocycles. The fourth-order valence-corrected chi connectivity index (χ4v) is 3.97. The van der Waals surface area contributed by atoms with E-state index in [1.807, 2.05) is 6.07 Å². The second-order valence-corrected chi connectivity index (χ2v) is 7.09. The minimum absolute atomic E-state index is 0.0707. The molecule has 0 amide bonds. The van der Waals surface area contributed by atoms with Crippen molar-refractivity contribution in [3.8, 4) is 17.0 Å². The van der Waals surface area contributed by atoms with E-state index in [0.717, 1.165) is 9.36 Å². The minimum atomic E-state index is -3.88. The fraction of sp³-hybridized carbons (Fsp3) is 0. The van der Waals surface area contributed by atoms with E-state index in [1.165, 1.54) is 24.4 Å². The molecule has 0 aliphatic carbocycles. The second kappa shape index (κ2) is 5.28. The van der Waals surface area contributed by atoms with Crippen LogP contribution >= 0.6 is 0 Å². The van der Waals surface area contributed by atoms with Crippen molar-refractivity contribution in [3.05, 3.63) is 72.9 Å². The molecule has 0 atom stereocenters. The number of fused-ring (bicyclic) bond motifs is 1. The van der Waals surface area contributed by atoms with Crippen LogP contribution in [0.1, 0.15) is 0 Å². The van der Waals surface area contributed by atoms with Gasteiger partial charge in [0.25, 0.3) is 0 Å². The van der Waals surface area contributed by atoms with Crippen LogP contribution in [0.2, 0.25) is 0 Å². The lowest BCUT2D eigenvalue weighted by Gasteiger charge is -2.08. The molecule has 4 aromatic rings. The topological polar surface area (TPSA) is 72.4 Å². The van der Waals surface area contributed by atoms with E-state index >= 15 is 0 Å². The van der Waals surface area contributed by atoms with E-state index in [2.05, 4.69) is 0 Å². The Bertz CT molecular complexity index is 1110. The van der Waals surface area contributed by atoms with Crippen LogP contribution in [0.5, 0.6) is 5.75 Å². The molecular formula is C18H13NO4S. The molecule has 0 radical (unpaired) electrons. The first kappa shape index (κ1) is 14.6. The van der Waals surface area contributed by atoms with Crippen LogP contribution in [-0.2, 0) is 10.0 Å². The monoisotopic (exact) mass is 339 g/mol. The third-order valence-electron chi connectivity index (χ3n) is 3.77. The zero-order chi connectivity index (χ0) is 16.7. The maximum atomic E-state index is 13.0. The molecule has 0 aliphatic heterocycles. The smallest absolute Gasteiger partial charge is 0.301 e. The molecule has 24 heavy (non-hydrogen) atoms. The predicted molar refractivity (Wildman–Crippen MR) is 90.3 cm³/mol. The summed E-state index contributed by atoms with van der Waals surface area (Å²) in [5, 5.41) is 10.2. The van der Waals surface area contributed by atoms with Gasteiger partial charge in [-0.25, -0.2) is 3.97 Å². The highest BCUT2D eigenvalue weighted by atomic mass is 32.2. The van der Waals surface area contributed by atoms with Crippen LogP contribution in [0, 0.1) is 0 Å². The van der Waals surface area contributed by atoms with Gasteiger partial charge in [-0.05, 0) is 30.3 Å². The van der Waals surface area contributed by atoms with Gasteiger partial charge in [0.05, 0.1) is 5.69 Å². The molecule has 120 valence electrons. The number of aromatic hydroxyl groups is 1. The first-order valence-electron chi connectivity index (χ1n) is 7.27. The molecule has 0 aliphatic rings. The van der Waals surface area contributed by atoms with Crippen LogP contribution < -0.4 is 0 Å². The van der Waals surface area contributed by atoms with Gasteiger partial charge in [0.1, 0.15) is 11.3 Å². The number of hydrogen-bond acceptors (Lipinski definition) is 4. The molecule has 4 rings (SSSR count). The van der Waals surface area contributed by atoms with Gasteiger partial charge in [-0.2, -0.15) is 8.42 Å². The molecule has 0 bridgehead atoms. The van der Waals surface area contributed by atoms with Gasteiger partial charge in [0.2, 0.25) is 5.09 Å². The zero-order valence-electron chi connectivity index (χ0n) is 12.5. The van der Waals surface area contributed by atoms with E-state index in [1.54, 1.807) is 42.5 Å². The van der Waals surface area contributed by atoms with E-state index in [9.17, 15) is 13.5 Å². The number of aromatic nitrogens is 1. The fourth-order valence-electron chi connectivity index (χ4n) is 2.65. The highest BCUT2D eigenvalue weighted by molar-refractivity contribution is 7.89. The largest absolute Gasteiger partial charge is 0.508 e. The summed E-state index contributed by atoms with van der Waals surface area (Å²) < 4.78 is 32.6. The molecule has 0 fully saturated rings. The average molecular weight is 339 g/mol. The first-order chi connectivity index (χ1) is 11.6. The number of phenolic OH excluding ortho intramolecular Hbond substituents is 1. The molecule has 0 saturated heterocycles. The van der Waals surface area contributed by atoms with Crippen molar-refractivity contribution in [2.24, 2.45) is 0 Å². The summed E-state index contributed by atoms with van der Waals surface area (Å²) in [4.78, 5) is 0. The molecule has 5 nitrogen and oxygen atoms in total. The Kier molecular flexibility index (Phi) is 3.21. The lowest BCUT2D eigenvalue weighted by molar-refractivity contribution is 0.475. The Hall–Kier alpha value is -2.99. The van der Waals surface area contributed by atoms with Crippen molar-refractivity contribution in [2.75, 3.05) is 0 Å². The highest BCUT2D eigenvalue weighted by Gasteiger charge is 2.24. The summed E-state index contributed by atoms with van der Waals surface area (Å²) >= 11 is 0. The van der Waals surface area contributed by atoms with Crippen molar-refractivity contribution in [1.82, 2.24) is 3.97 Å². The maximum Gasteiger partial charge on any atom is 0.301 e. The summed E-state index contributed by atoms with van der Waals surface area (Å²) in [7, 11) is -3.88. The van der Waals surface area contributed by atoms with Gasteiger partial charge >= 0.3 is 10.0 Å². The number of furan rings is 1. The van der Waals surface area contributed by atoms with Crippen LogP contribution in [-0.4, -0.2) is 17.5 Å². The number of nitrogens with zero attached hydrogens (tertiary/aromatic N) is 1. The average Bonchev–Trinajstić information content (AvgIpc) is 3.22. The maximum absolute atomic E-state index is 13.0. The SMILES string of the molecule is O=S(=O)(c1cc2ccccc2o1)n1cccc1-c1cccc(O)c1. The Labute approximate surface area is 138 Å². The van der Waals surface area contributed by atoms with Crippen molar-refractivity contribution < 1.29 is 17.9 Å². The lowest BCUT2D eigenvalue weighted by Crippen LogP contribution is -2.12. The van der Waals surface area contributed by atoms with E-state index in [4.69, 9.17) is 4.42 Å². The third-order valence-corrected chi connectivity index (χ3v) is 5.32. The van der Waals surface area contributed by atoms with Crippen molar-refractivity contribution in [2.45, 2.75) is 5.09 Å². The summed E-state index contributed by atoms with van der Waals surface area (Å²) in [5.74, 6) is 0.0707. The van der Waals surface area contributed by atoms with Gasteiger partial charge in [-0.3, -0.25) is 0 Å². The van der Waals surface area contributed by atoms with E-state index in [0.29, 0.717) is 16.8 Å². The summed E-state index contributed by atoms with van der Waals surface area (Å²) in [6.07, 6.45) is 1.46. The Balaban J connectivity index is 1.88. The molecule has 0 unspecified atom stereocenters. The Morgan fingerprint density at radius 1 is 0.917 bits per heavy atom. The van der Waals surface area contributed by atoms with Crippen molar-refractivity contribution in [3.63, 3.8) is 0 Å². The van der Waals surface area contributed by atoms with Gasteiger partial charge in [-0.15, -0.1) is 0 Å². The second-order valence-electron chi connectivity index (χ2n) is 5.35. The van der Waals surface area contributed by atoms with E-state index in [-0.39, 0.29) is 10.8 Å². The number of rotatable bonds is 3. The highest BCUT2D eigenvalue weighted by Crippen LogP contribution is 2.29. The predicted octanol–water partition coefficient (Wildman–Crippen LogP) is 3.84. The Morgan fingerprint density at radius 3 is 2.54 bits per heavy atom.